The molecule has 4 aromatic rings. The quantitative estimate of drug-likeness (QED) is 0.179. The van der Waals surface area contributed by atoms with Crippen LogP contribution in [0.4, 0.5) is 18.3 Å². The van der Waals surface area contributed by atoms with E-state index in [0.29, 0.717) is 40.1 Å². The summed E-state index contributed by atoms with van der Waals surface area (Å²) in [7, 11) is 0. The number of nitrogens with zero attached hydrogens (tertiary/aromatic N) is 2. The Hall–Kier alpha value is -3.56. The molecule has 0 atom stereocenters. The smallest absolute Gasteiger partial charge is 0.416 e. The Kier molecular flexibility index (Phi) is 9.93. The monoisotopic (exact) mass is 628 g/mol. The fourth-order valence-corrected chi connectivity index (χ4v) is 6.37. The average molecular weight is 629 g/mol. The number of rotatable bonds is 11. The number of hydrogen-bond acceptors (Lipinski definition) is 5. The van der Waals surface area contributed by atoms with E-state index in [9.17, 15) is 23.1 Å². The molecule has 3 aromatic carbocycles. The molecule has 1 fully saturated rings. The van der Waals surface area contributed by atoms with E-state index in [1.807, 2.05) is 17.5 Å². The molecule has 0 aliphatic heterocycles. The van der Waals surface area contributed by atoms with E-state index < -0.39 is 17.7 Å². The number of benzene rings is 3. The Morgan fingerprint density at radius 1 is 1.00 bits per heavy atom. The van der Waals surface area contributed by atoms with Gasteiger partial charge in [0.15, 0.2) is 5.13 Å². The van der Waals surface area contributed by atoms with Gasteiger partial charge in [-0.1, -0.05) is 68.0 Å². The molecule has 0 amide bonds. The first kappa shape index (κ1) is 30.9. The fourth-order valence-electron chi connectivity index (χ4n) is 5.34. The maximum atomic E-state index is 12.9. The Bertz CT molecular complexity index is 1520. The van der Waals surface area contributed by atoms with Gasteiger partial charge in [0.05, 0.1) is 16.8 Å². The van der Waals surface area contributed by atoms with Crippen molar-refractivity contribution < 1.29 is 27.8 Å². The van der Waals surface area contributed by atoms with Gasteiger partial charge in [-0.2, -0.15) is 13.2 Å². The van der Waals surface area contributed by atoms with E-state index >= 15 is 0 Å². The molecule has 0 unspecified atom stereocenters. The summed E-state index contributed by atoms with van der Waals surface area (Å²) in [6.45, 7) is 1.50. The van der Waals surface area contributed by atoms with Gasteiger partial charge in [0.2, 0.25) is 0 Å². The van der Waals surface area contributed by atoms with Crippen molar-refractivity contribution >= 4 is 34.0 Å². The van der Waals surface area contributed by atoms with Crippen LogP contribution in [-0.2, 0) is 19.3 Å². The predicted octanol–water partition coefficient (Wildman–Crippen LogP) is 9.74. The van der Waals surface area contributed by atoms with Crippen LogP contribution in [0.2, 0.25) is 5.02 Å². The van der Waals surface area contributed by atoms with Crippen LogP contribution in [0.5, 0.6) is 5.75 Å². The van der Waals surface area contributed by atoms with Gasteiger partial charge in [0.25, 0.3) is 0 Å². The zero-order valence-corrected chi connectivity index (χ0v) is 25.0. The van der Waals surface area contributed by atoms with Gasteiger partial charge in [-0.25, -0.2) is 9.78 Å². The fraction of sp³-hybridized carbons (Fsp3) is 0.333. The standard InChI is InChI=1S/C33H32ClF3N2O3S/c34-27-14-15-30(42-20-24-8-12-26(13-9-24)33(35,36)37)28(18-27)29-21-43-32(38-29)39(17-16-22-4-2-1-3-5-22)19-23-6-10-25(11-7-23)31(40)41/h6-15,18,21-22H,1-5,16-17,19-20H2,(H,40,41). The first-order valence-electron chi connectivity index (χ1n) is 14.3. The van der Waals surface area contributed by atoms with Crippen molar-refractivity contribution in [1.29, 1.82) is 0 Å². The van der Waals surface area contributed by atoms with Crippen LogP contribution < -0.4 is 9.64 Å². The number of alkyl halides is 3. The minimum Gasteiger partial charge on any atom is -0.488 e. The number of ether oxygens (including phenoxy) is 1. The molecule has 5 rings (SSSR count). The lowest BCUT2D eigenvalue weighted by molar-refractivity contribution is -0.137. The molecule has 1 aromatic heterocycles. The van der Waals surface area contributed by atoms with E-state index in [1.165, 1.54) is 55.6 Å². The second-order valence-corrected chi connectivity index (χ2v) is 12.1. The summed E-state index contributed by atoms with van der Waals surface area (Å²) in [6.07, 6.45) is 2.99. The van der Waals surface area contributed by atoms with E-state index in [0.717, 1.165) is 35.8 Å². The molecule has 1 saturated carbocycles. The summed E-state index contributed by atoms with van der Waals surface area (Å²) in [6, 6.07) is 17.1. The minimum absolute atomic E-state index is 0.0869. The number of aromatic carboxylic acids is 1. The molecule has 0 bridgehead atoms. The summed E-state index contributed by atoms with van der Waals surface area (Å²) in [5, 5.41) is 12.6. The van der Waals surface area contributed by atoms with E-state index in [-0.39, 0.29) is 12.2 Å². The molecule has 1 aliphatic rings. The Morgan fingerprint density at radius 2 is 1.70 bits per heavy atom. The maximum absolute atomic E-state index is 12.9. The largest absolute Gasteiger partial charge is 0.488 e. The summed E-state index contributed by atoms with van der Waals surface area (Å²) < 4.78 is 44.9. The second kappa shape index (κ2) is 13.8. The number of carboxylic acid groups (broad SMARTS) is 1. The summed E-state index contributed by atoms with van der Waals surface area (Å²) in [5.74, 6) is 0.255. The van der Waals surface area contributed by atoms with Gasteiger partial charge in [0, 0.05) is 29.1 Å². The molecular weight excluding hydrogens is 597 g/mol. The third kappa shape index (κ3) is 8.30. The van der Waals surface area contributed by atoms with Crippen molar-refractivity contribution in [3.8, 4) is 17.0 Å². The van der Waals surface area contributed by atoms with Crippen LogP contribution in [0.25, 0.3) is 11.3 Å². The second-order valence-electron chi connectivity index (χ2n) is 10.9. The maximum Gasteiger partial charge on any atom is 0.416 e. The average Bonchev–Trinajstić information content (AvgIpc) is 3.49. The van der Waals surface area contributed by atoms with Crippen LogP contribution in [0, 0.1) is 5.92 Å². The Morgan fingerprint density at radius 3 is 2.37 bits per heavy atom. The third-order valence-electron chi connectivity index (χ3n) is 7.76. The first-order chi connectivity index (χ1) is 20.7. The number of carboxylic acids is 1. The molecule has 1 N–H and O–H groups in total. The molecule has 1 heterocycles. The SMILES string of the molecule is O=C(O)c1ccc(CN(CCC2CCCCC2)c2nc(-c3cc(Cl)ccc3OCc3ccc(C(F)(F)F)cc3)cs2)cc1. The number of thiazole rings is 1. The van der Waals surface area contributed by atoms with Crippen LogP contribution >= 0.6 is 22.9 Å². The lowest BCUT2D eigenvalue weighted by Gasteiger charge is -2.27. The highest BCUT2D eigenvalue weighted by Crippen LogP contribution is 2.37. The highest BCUT2D eigenvalue weighted by atomic mass is 35.5. The molecule has 0 radical (unpaired) electrons. The highest BCUT2D eigenvalue weighted by Gasteiger charge is 2.30. The van der Waals surface area contributed by atoms with Crippen LogP contribution in [0.15, 0.2) is 72.1 Å². The van der Waals surface area contributed by atoms with Crippen molar-refractivity contribution in [2.24, 2.45) is 5.92 Å². The van der Waals surface area contributed by atoms with Gasteiger partial charge in [-0.15, -0.1) is 11.3 Å². The molecular formula is C33H32ClF3N2O3S. The van der Waals surface area contributed by atoms with Gasteiger partial charge in [0.1, 0.15) is 12.4 Å². The van der Waals surface area contributed by atoms with Gasteiger partial charge in [-0.05, 0) is 65.9 Å². The van der Waals surface area contributed by atoms with E-state index in [4.69, 9.17) is 21.3 Å². The van der Waals surface area contributed by atoms with Crippen molar-refractivity contribution in [3.63, 3.8) is 0 Å². The minimum atomic E-state index is -4.39. The Balaban J connectivity index is 1.35. The molecule has 0 spiro atoms. The normalized spacial score (nSPS) is 14.0. The summed E-state index contributed by atoms with van der Waals surface area (Å²) in [5.41, 5.74) is 2.53. The van der Waals surface area contributed by atoms with Crippen LogP contribution in [0.1, 0.15) is 65.6 Å². The topological polar surface area (TPSA) is 62.7 Å². The van der Waals surface area contributed by atoms with Gasteiger partial charge in [-0.3, -0.25) is 0 Å². The number of aromatic nitrogens is 1. The summed E-state index contributed by atoms with van der Waals surface area (Å²) in [4.78, 5) is 18.5. The molecule has 226 valence electrons. The molecule has 10 heteroatoms. The molecule has 1 aliphatic carbocycles. The molecule has 43 heavy (non-hydrogen) atoms. The predicted molar refractivity (Wildman–Crippen MR) is 164 cm³/mol. The lowest BCUT2D eigenvalue weighted by Crippen LogP contribution is -2.26. The Labute approximate surface area is 257 Å². The van der Waals surface area contributed by atoms with Gasteiger partial charge < -0.3 is 14.7 Å². The number of anilines is 1. The van der Waals surface area contributed by atoms with Crippen LogP contribution in [0.3, 0.4) is 0 Å². The zero-order chi connectivity index (χ0) is 30.4. The zero-order valence-electron chi connectivity index (χ0n) is 23.4. The van der Waals surface area contributed by atoms with Crippen molar-refractivity contribution in [2.75, 3.05) is 11.4 Å². The highest BCUT2D eigenvalue weighted by molar-refractivity contribution is 7.14. The van der Waals surface area contributed by atoms with E-state index in [2.05, 4.69) is 4.90 Å². The van der Waals surface area contributed by atoms with Crippen molar-refractivity contribution in [2.45, 2.75) is 57.9 Å². The van der Waals surface area contributed by atoms with E-state index in [1.54, 1.807) is 30.3 Å². The summed E-state index contributed by atoms with van der Waals surface area (Å²) >= 11 is 7.87. The number of carbonyl (C=O) groups is 1. The molecule has 5 nitrogen and oxygen atoms in total. The van der Waals surface area contributed by atoms with Crippen molar-refractivity contribution in [3.05, 3.63) is 99.4 Å². The lowest BCUT2D eigenvalue weighted by atomic mass is 9.87. The first-order valence-corrected chi connectivity index (χ1v) is 15.5. The number of hydrogen-bond donors (Lipinski definition) is 1. The van der Waals surface area contributed by atoms with Crippen LogP contribution in [-0.4, -0.2) is 22.6 Å². The number of halogens is 4. The van der Waals surface area contributed by atoms with Crippen molar-refractivity contribution in [1.82, 2.24) is 4.98 Å². The molecule has 0 saturated heterocycles. The van der Waals surface area contributed by atoms with Gasteiger partial charge >= 0.3 is 12.1 Å². The third-order valence-corrected chi connectivity index (χ3v) is 8.90.